The third kappa shape index (κ3) is 2.46. The van der Waals surface area contributed by atoms with Gasteiger partial charge in [0.05, 0.1) is 6.54 Å². The lowest BCUT2D eigenvalue weighted by molar-refractivity contribution is 0.443. The third-order valence-corrected chi connectivity index (χ3v) is 3.41. The van der Waals surface area contributed by atoms with Gasteiger partial charge < -0.3 is 15.1 Å². The van der Waals surface area contributed by atoms with Crippen molar-refractivity contribution in [1.82, 2.24) is 10.2 Å². The van der Waals surface area contributed by atoms with Crippen LogP contribution in [0.3, 0.4) is 0 Å². The first-order chi connectivity index (χ1) is 9.26. The number of rotatable bonds is 3. The molecular formula is C14H18N4O. The summed E-state index contributed by atoms with van der Waals surface area (Å²) in [7, 11) is 0. The van der Waals surface area contributed by atoms with Crippen LogP contribution >= 0.6 is 0 Å². The van der Waals surface area contributed by atoms with Crippen LogP contribution in [0.1, 0.15) is 24.3 Å². The third-order valence-electron chi connectivity index (χ3n) is 3.41. The van der Waals surface area contributed by atoms with Crippen molar-refractivity contribution >= 4 is 5.69 Å². The monoisotopic (exact) mass is 258 g/mol. The van der Waals surface area contributed by atoms with Gasteiger partial charge >= 0.3 is 0 Å². The van der Waals surface area contributed by atoms with E-state index in [1.165, 1.54) is 11.3 Å². The van der Waals surface area contributed by atoms with Crippen LogP contribution in [-0.4, -0.2) is 22.8 Å². The summed E-state index contributed by atoms with van der Waals surface area (Å²) in [5.41, 5.74) is 8.63. The smallest absolute Gasteiger partial charge is 0.235 e. The minimum atomic E-state index is 0.156. The zero-order valence-corrected chi connectivity index (χ0v) is 11.0. The largest absolute Gasteiger partial charge is 0.423 e. The summed E-state index contributed by atoms with van der Waals surface area (Å²) in [4.78, 5) is 2.22. The van der Waals surface area contributed by atoms with E-state index < -0.39 is 0 Å². The van der Waals surface area contributed by atoms with Gasteiger partial charge in [0.1, 0.15) is 0 Å². The van der Waals surface area contributed by atoms with E-state index >= 15 is 0 Å². The quantitative estimate of drug-likeness (QED) is 0.904. The molecule has 0 radical (unpaired) electrons. The highest BCUT2D eigenvalue weighted by atomic mass is 16.4. The van der Waals surface area contributed by atoms with Gasteiger partial charge in [0.25, 0.3) is 0 Å². The normalized spacial score (nSPS) is 18.4. The fraction of sp³-hybridized carbons (Fsp3) is 0.429. The number of aryl methyl sites for hydroxylation is 1. The first kappa shape index (κ1) is 12.2. The summed E-state index contributed by atoms with van der Waals surface area (Å²) >= 11 is 0. The Balaban J connectivity index is 1.84. The number of benzene rings is 1. The van der Waals surface area contributed by atoms with E-state index in [-0.39, 0.29) is 6.04 Å². The average molecular weight is 258 g/mol. The van der Waals surface area contributed by atoms with Crippen molar-refractivity contribution in [2.45, 2.75) is 32.4 Å². The number of para-hydroxylation sites is 1. The molecule has 5 nitrogen and oxygen atoms in total. The van der Waals surface area contributed by atoms with Crippen molar-refractivity contribution in [3.05, 3.63) is 41.6 Å². The number of hydrogen-bond acceptors (Lipinski definition) is 5. The molecule has 0 aliphatic carbocycles. The first-order valence-electron chi connectivity index (χ1n) is 6.66. The van der Waals surface area contributed by atoms with Crippen molar-refractivity contribution in [1.29, 1.82) is 0 Å². The summed E-state index contributed by atoms with van der Waals surface area (Å²) in [6.45, 7) is 3.45. The van der Waals surface area contributed by atoms with Gasteiger partial charge in [-0.2, -0.15) is 0 Å². The molecule has 0 bridgehead atoms. The molecular weight excluding hydrogens is 240 g/mol. The maximum Gasteiger partial charge on any atom is 0.235 e. The summed E-state index contributed by atoms with van der Waals surface area (Å²) < 4.78 is 5.58. The molecule has 100 valence electrons. The number of anilines is 1. The predicted octanol–water partition coefficient (Wildman–Crippen LogP) is 1.52. The van der Waals surface area contributed by atoms with E-state index in [2.05, 4.69) is 33.3 Å². The van der Waals surface area contributed by atoms with Crippen molar-refractivity contribution in [3.63, 3.8) is 0 Å². The fourth-order valence-electron chi connectivity index (χ4n) is 2.53. The molecule has 2 heterocycles. The molecule has 0 saturated heterocycles. The van der Waals surface area contributed by atoms with Gasteiger partial charge in [-0.15, -0.1) is 10.2 Å². The van der Waals surface area contributed by atoms with Gasteiger partial charge in [0.2, 0.25) is 11.8 Å². The minimum Gasteiger partial charge on any atom is -0.423 e. The zero-order valence-electron chi connectivity index (χ0n) is 11.0. The Labute approximate surface area is 112 Å². The molecule has 5 heteroatoms. The van der Waals surface area contributed by atoms with Crippen LogP contribution < -0.4 is 10.6 Å². The van der Waals surface area contributed by atoms with Crippen LogP contribution in [0, 0.1) is 0 Å². The van der Waals surface area contributed by atoms with Crippen LogP contribution in [-0.2, 0) is 19.4 Å². The molecule has 0 fully saturated rings. The summed E-state index contributed by atoms with van der Waals surface area (Å²) in [5, 5.41) is 8.08. The number of aromatic nitrogens is 2. The minimum absolute atomic E-state index is 0.156. The number of nitrogens with two attached hydrogens (primary N) is 1. The lowest BCUT2D eigenvalue weighted by Gasteiger charge is -2.33. The Kier molecular flexibility index (Phi) is 3.21. The number of hydrogen-bond donors (Lipinski definition) is 1. The van der Waals surface area contributed by atoms with Crippen LogP contribution in [0.15, 0.2) is 28.7 Å². The number of fused-ring (bicyclic) bond motifs is 1. The highest BCUT2D eigenvalue weighted by molar-refractivity contribution is 5.56. The van der Waals surface area contributed by atoms with Crippen LogP contribution in [0.25, 0.3) is 0 Å². The van der Waals surface area contributed by atoms with E-state index in [1.807, 2.05) is 13.0 Å². The zero-order chi connectivity index (χ0) is 13.2. The Bertz CT molecular complexity index is 566. The molecule has 19 heavy (non-hydrogen) atoms. The highest BCUT2D eigenvalue weighted by Crippen LogP contribution is 2.27. The molecule has 1 aliphatic heterocycles. The molecule has 2 aromatic rings. The lowest BCUT2D eigenvalue weighted by atomic mass is 9.98. The van der Waals surface area contributed by atoms with Crippen LogP contribution in [0.5, 0.6) is 0 Å². The van der Waals surface area contributed by atoms with Crippen LogP contribution in [0.4, 0.5) is 5.69 Å². The molecule has 0 amide bonds. The fourth-order valence-corrected chi connectivity index (χ4v) is 2.53. The van der Waals surface area contributed by atoms with Crippen molar-refractivity contribution in [2.24, 2.45) is 5.73 Å². The van der Waals surface area contributed by atoms with E-state index in [4.69, 9.17) is 10.2 Å². The van der Waals surface area contributed by atoms with E-state index in [0.717, 1.165) is 19.4 Å². The second kappa shape index (κ2) is 5.01. The first-order valence-corrected chi connectivity index (χ1v) is 6.66. The van der Waals surface area contributed by atoms with Crippen molar-refractivity contribution in [3.8, 4) is 0 Å². The standard InChI is InChI=1S/C14H18N4O/c1-2-13-16-17-14(19-13)9-18-8-11(15)7-10-5-3-4-6-12(10)18/h3-6,11H,2,7-9,15H2,1H3. The Hall–Kier alpha value is -1.88. The molecule has 1 aromatic carbocycles. The highest BCUT2D eigenvalue weighted by Gasteiger charge is 2.23. The predicted molar refractivity (Wildman–Crippen MR) is 72.8 cm³/mol. The SMILES string of the molecule is CCc1nnc(CN2CC(N)Cc3ccccc32)o1. The van der Waals surface area contributed by atoms with Gasteiger partial charge in [0.15, 0.2) is 0 Å². The van der Waals surface area contributed by atoms with Crippen molar-refractivity contribution in [2.75, 3.05) is 11.4 Å². The molecule has 1 aliphatic rings. The van der Waals surface area contributed by atoms with E-state index in [1.54, 1.807) is 0 Å². The Morgan fingerprint density at radius 3 is 2.89 bits per heavy atom. The maximum atomic E-state index is 6.12. The molecule has 3 rings (SSSR count). The van der Waals surface area contributed by atoms with Gasteiger partial charge in [-0.3, -0.25) is 0 Å². The molecule has 1 atom stereocenters. The number of nitrogens with zero attached hydrogens (tertiary/aromatic N) is 3. The Morgan fingerprint density at radius 2 is 2.11 bits per heavy atom. The van der Waals surface area contributed by atoms with Gasteiger partial charge in [0, 0.05) is 24.7 Å². The van der Waals surface area contributed by atoms with Gasteiger partial charge in [-0.1, -0.05) is 25.1 Å². The van der Waals surface area contributed by atoms with Crippen molar-refractivity contribution < 1.29 is 4.42 Å². The Morgan fingerprint density at radius 1 is 1.32 bits per heavy atom. The van der Waals surface area contributed by atoms with Gasteiger partial charge in [-0.25, -0.2) is 0 Å². The second-order valence-electron chi connectivity index (χ2n) is 4.92. The van der Waals surface area contributed by atoms with Gasteiger partial charge in [-0.05, 0) is 18.1 Å². The molecule has 1 unspecified atom stereocenters. The summed E-state index contributed by atoms with van der Waals surface area (Å²) in [5.74, 6) is 1.34. The van der Waals surface area contributed by atoms with Crippen LogP contribution in [0.2, 0.25) is 0 Å². The average Bonchev–Trinajstić information content (AvgIpc) is 2.86. The second-order valence-corrected chi connectivity index (χ2v) is 4.92. The topological polar surface area (TPSA) is 68.2 Å². The lowest BCUT2D eigenvalue weighted by Crippen LogP contribution is -2.42. The molecule has 2 N–H and O–H groups in total. The summed E-state index contributed by atoms with van der Waals surface area (Å²) in [6.07, 6.45) is 1.69. The summed E-state index contributed by atoms with van der Waals surface area (Å²) in [6, 6.07) is 8.51. The maximum absolute atomic E-state index is 6.12. The molecule has 1 aromatic heterocycles. The molecule has 0 saturated carbocycles. The van der Waals surface area contributed by atoms with E-state index in [9.17, 15) is 0 Å². The van der Waals surface area contributed by atoms with E-state index in [0.29, 0.717) is 18.3 Å². The molecule has 0 spiro atoms.